The molecule has 19 nitrogen and oxygen atoms in total. The smallest absolute Gasteiger partial charge is 0.281 e. The highest BCUT2D eigenvalue weighted by atomic mass is 79.9. The van der Waals surface area contributed by atoms with Crippen LogP contribution in [0, 0.1) is 0 Å². The van der Waals surface area contributed by atoms with Crippen LogP contribution in [0.3, 0.4) is 0 Å². The van der Waals surface area contributed by atoms with E-state index in [-0.39, 0.29) is 62.1 Å². The molecular weight excluding hydrogens is 1170 g/mol. The normalized spacial score (nSPS) is 12.1. The first-order valence-electron chi connectivity index (χ1n) is 24.1. The van der Waals surface area contributed by atoms with Crippen molar-refractivity contribution in [1.29, 1.82) is 0 Å². The summed E-state index contributed by atoms with van der Waals surface area (Å²) in [5.41, 5.74) is -1.57. The Morgan fingerprint density at radius 3 is 1.38 bits per heavy atom. The second-order valence-corrected chi connectivity index (χ2v) is 22.5. The van der Waals surface area contributed by atoms with Crippen molar-refractivity contribution in [2.24, 2.45) is 0 Å². The molecule has 3 heterocycles. The van der Waals surface area contributed by atoms with E-state index >= 15 is 0 Å². The van der Waals surface area contributed by atoms with E-state index in [9.17, 15) is 46.2 Å². The van der Waals surface area contributed by atoms with Crippen LogP contribution in [-0.2, 0) is 37.3 Å². The molecule has 0 amide bonds. The van der Waals surface area contributed by atoms with E-state index in [0.29, 0.717) is 57.4 Å². The van der Waals surface area contributed by atoms with Crippen LogP contribution in [0.2, 0.25) is 5.02 Å². The molecule has 0 saturated carbocycles. The van der Waals surface area contributed by atoms with Crippen molar-refractivity contribution < 1.29 is 50.8 Å². The van der Waals surface area contributed by atoms with Gasteiger partial charge in [-0.2, -0.15) is 9.97 Å². The molecule has 4 aromatic carbocycles. The molecule has 0 radical (unpaired) electrons. The van der Waals surface area contributed by atoms with Gasteiger partial charge in [0.2, 0.25) is 31.4 Å². The Morgan fingerprint density at radius 1 is 0.595 bits per heavy atom. The van der Waals surface area contributed by atoms with Crippen molar-refractivity contribution in [2.45, 2.75) is 78.4 Å². The highest BCUT2D eigenvalue weighted by Crippen LogP contribution is 2.36. The second kappa shape index (κ2) is 26.9. The Labute approximate surface area is 473 Å². The van der Waals surface area contributed by atoms with Crippen molar-refractivity contribution in [3.05, 3.63) is 179 Å². The number of carbonyl (C=O) groups excluding carboxylic acids is 1. The minimum absolute atomic E-state index is 0.120. The van der Waals surface area contributed by atoms with E-state index in [4.69, 9.17) is 42.1 Å². The van der Waals surface area contributed by atoms with Crippen molar-refractivity contribution in [3.63, 3.8) is 0 Å². The number of para-hydroxylation sites is 2. The van der Waals surface area contributed by atoms with Crippen LogP contribution in [0.4, 0.5) is 0 Å². The Bertz CT molecular complexity index is 3820. The maximum absolute atomic E-state index is 13.9. The van der Waals surface area contributed by atoms with Gasteiger partial charge in [0.1, 0.15) is 46.0 Å². The topological polar surface area (TPSA) is 255 Å². The van der Waals surface area contributed by atoms with Crippen LogP contribution in [0.1, 0.15) is 57.6 Å². The third-order valence-corrected chi connectivity index (χ3v) is 16.4. The average Bonchev–Trinajstić information content (AvgIpc) is 3.56. The lowest BCUT2D eigenvalue weighted by molar-refractivity contribution is -0.113. The number of benzene rings is 4. The molecule has 0 fully saturated rings. The number of hydrogen-bond acceptors (Lipinski definition) is 16. The predicted octanol–water partition coefficient (Wildman–Crippen LogP) is 9.47. The molecular formula is C55H54BrCl2N5O14S2. The lowest BCUT2D eigenvalue weighted by Crippen LogP contribution is -2.30. The highest BCUT2D eigenvalue weighted by Gasteiger charge is 2.33. The number of methoxy groups -OCH3 is 4. The van der Waals surface area contributed by atoms with E-state index in [2.05, 4.69) is 25.9 Å². The van der Waals surface area contributed by atoms with Gasteiger partial charge in [-0.05, 0) is 104 Å². The summed E-state index contributed by atoms with van der Waals surface area (Å²) in [6, 6.07) is 23.6. The van der Waals surface area contributed by atoms with Crippen molar-refractivity contribution >= 4 is 64.6 Å². The first kappa shape index (κ1) is 60.7. The quantitative estimate of drug-likeness (QED) is 0.0860. The molecule has 8 rings (SSSR count). The number of hydrogen-bond donors (Lipinski definition) is 2. The first-order valence-corrected chi connectivity index (χ1v) is 28.6. The number of halogens is 3. The molecule has 79 heavy (non-hydrogen) atoms. The number of aromatic hydroxyl groups is 2. The summed E-state index contributed by atoms with van der Waals surface area (Å²) < 4.78 is 80.0. The molecule has 0 aliphatic heterocycles. The van der Waals surface area contributed by atoms with Gasteiger partial charge < -0.3 is 29.2 Å². The van der Waals surface area contributed by atoms with Crippen LogP contribution >= 0.6 is 39.1 Å². The monoisotopic (exact) mass is 1220 g/mol. The standard InChI is InChI=1S/C27H26ClN3O7S.C22H23BrN2O6S.C6H5ClO/c1-4-5-9-22-29-26(33)25(27(34)31(22)24-20(37-2)7-6-8-21(24)38-3)39(35,36)19-13-11-18(12-14-19)30-16-17(28)10-15-23(30)32;1-4-5-9-18-24-21(26)20(32(28,29)15-12-10-14(23)11-13-15)22(27)25(18)19-16(30-2)7-6-8-17(19)31-3;7-5-1-3-6(8)4-2-5/h6-8,10-16,33H,4-5,9H2,1-3H3;6-8,10-13,26H,4-5,9H2,1-3H3;1-3H,4H2. The van der Waals surface area contributed by atoms with Crippen LogP contribution in [0.5, 0.6) is 34.8 Å². The molecule has 7 aromatic rings. The Balaban J connectivity index is 0.000000226. The molecule has 3 aromatic heterocycles. The zero-order valence-electron chi connectivity index (χ0n) is 43.5. The lowest BCUT2D eigenvalue weighted by atomic mass is 10.2. The van der Waals surface area contributed by atoms with Gasteiger partial charge in [-0.25, -0.2) is 16.8 Å². The number of aromatic nitrogens is 5. The van der Waals surface area contributed by atoms with Crippen molar-refractivity contribution in [3.8, 4) is 51.8 Å². The van der Waals surface area contributed by atoms with Gasteiger partial charge in [0.15, 0.2) is 15.6 Å². The number of sulfone groups is 2. The molecule has 1 aliphatic carbocycles. The summed E-state index contributed by atoms with van der Waals surface area (Å²) >= 11 is 14.8. The fraction of sp³-hybridized carbons (Fsp3) is 0.236. The van der Waals surface area contributed by atoms with Crippen molar-refractivity contribution in [1.82, 2.24) is 23.7 Å². The largest absolute Gasteiger partial charge is 0.494 e. The molecule has 0 atom stereocenters. The van der Waals surface area contributed by atoms with Crippen LogP contribution in [0.15, 0.2) is 165 Å². The maximum Gasteiger partial charge on any atom is 0.281 e. The van der Waals surface area contributed by atoms with E-state index in [0.717, 1.165) is 22.0 Å². The van der Waals surface area contributed by atoms with Crippen LogP contribution < -0.4 is 35.6 Å². The molecule has 0 saturated heterocycles. The maximum atomic E-state index is 13.9. The minimum atomic E-state index is -4.57. The average molecular weight is 1220 g/mol. The highest BCUT2D eigenvalue weighted by molar-refractivity contribution is 9.10. The number of unbranched alkanes of at least 4 members (excludes halogenated alkanes) is 2. The molecule has 2 N–H and O–H groups in total. The van der Waals surface area contributed by atoms with Gasteiger partial charge in [0, 0.05) is 46.7 Å². The number of rotatable bonds is 17. The zero-order chi connectivity index (χ0) is 57.8. The number of ether oxygens (including phenoxy) is 4. The summed E-state index contributed by atoms with van der Waals surface area (Å²) in [6.07, 6.45) is 10.1. The van der Waals surface area contributed by atoms with E-state index in [1.54, 1.807) is 48.6 Å². The van der Waals surface area contributed by atoms with Gasteiger partial charge >= 0.3 is 0 Å². The molecule has 0 spiro atoms. The third-order valence-electron chi connectivity index (χ3n) is 11.8. The van der Waals surface area contributed by atoms with Crippen molar-refractivity contribution in [2.75, 3.05) is 28.4 Å². The number of nitrogens with zero attached hydrogens (tertiary/aromatic N) is 5. The molecule has 1 aliphatic rings. The Morgan fingerprint density at radius 2 is 1.01 bits per heavy atom. The molecule has 416 valence electrons. The number of ketones is 1. The molecule has 0 unspecified atom stereocenters. The number of carbonyl (C=O) groups is 1. The molecule has 24 heteroatoms. The number of pyridine rings is 1. The summed E-state index contributed by atoms with van der Waals surface area (Å²) in [5, 5.41) is 22.3. The Kier molecular flexibility index (Phi) is 20.7. The summed E-state index contributed by atoms with van der Waals surface area (Å²) in [4.78, 5) is 56.4. The minimum Gasteiger partial charge on any atom is -0.494 e. The van der Waals surface area contributed by atoms with E-state index in [1.165, 1.54) is 106 Å². The van der Waals surface area contributed by atoms with E-state index < -0.39 is 52.3 Å². The van der Waals surface area contributed by atoms with Gasteiger partial charge in [-0.15, -0.1) is 0 Å². The zero-order valence-corrected chi connectivity index (χ0v) is 48.2. The van der Waals surface area contributed by atoms with Gasteiger partial charge in [0.05, 0.1) is 43.3 Å². The van der Waals surface area contributed by atoms with E-state index in [1.807, 2.05) is 13.8 Å². The Hall–Kier alpha value is -7.50. The van der Waals surface area contributed by atoms with Crippen LogP contribution in [-0.4, -0.2) is 84.9 Å². The summed E-state index contributed by atoms with van der Waals surface area (Å²) in [7, 11) is -3.25. The third kappa shape index (κ3) is 13.7. The SMILES string of the molecule is CCCCc1nc(O)c(S(=O)(=O)c2ccc(-n3cc(Cl)ccc3=O)cc2)c(=O)n1-c1c(OC)cccc1OC.CCCCc1nc(O)c(S(=O)(=O)c2ccc(Br)cc2)c(=O)n1-c1c(OC)cccc1OC.O=C1C=CC(Cl)=CC1. The number of allylic oxidation sites excluding steroid dienone is 4. The fourth-order valence-corrected chi connectivity index (χ4v) is 11.2. The van der Waals surface area contributed by atoms with Crippen LogP contribution in [0.25, 0.3) is 17.1 Å². The van der Waals surface area contributed by atoms with Gasteiger partial charge in [-0.3, -0.25) is 32.9 Å². The van der Waals surface area contributed by atoms with Gasteiger partial charge in [-0.1, -0.05) is 84.0 Å². The number of aryl methyl sites for hydroxylation is 2. The fourth-order valence-electron chi connectivity index (χ4n) is 7.92. The van der Waals surface area contributed by atoms with Gasteiger partial charge in [0.25, 0.3) is 16.7 Å². The summed E-state index contributed by atoms with van der Waals surface area (Å²) in [6.45, 7) is 3.92. The molecule has 0 bridgehead atoms. The lowest BCUT2D eigenvalue weighted by Gasteiger charge is -2.19. The predicted molar refractivity (Wildman–Crippen MR) is 301 cm³/mol. The second-order valence-electron chi connectivity index (χ2n) is 17.0. The summed E-state index contributed by atoms with van der Waals surface area (Å²) in [5.74, 6) is -0.186. The first-order chi connectivity index (χ1) is 37.7.